The number of ether oxygens (including phenoxy) is 1. The number of aromatic nitrogens is 3. The van der Waals surface area contributed by atoms with Gasteiger partial charge in [-0.3, -0.25) is 4.98 Å². The highest BCUT2D eigenvalue weighted by molar-refractivity contribution is 5.81. The summed E-state index contributed by atoms with van der Waals surface area (Å²) in [5.41, 5.74) is 2.17. The van der Waals surface area contributed by atoms with Crippen molar-refractivity contribution in [1.29, 1.82) is 0 Å². The van der Waals surface area contributed by atoms with Crippen molar-refractivity contribution in [3.63, 3.8) is 0 Å². The third-order valence-corrected chi connectivity index (χ3v) is 3.73. The zero-order chi connectivity index (χ0) is 15.5. The standard InChI is InChI=1S/C19H15N3O/c1-2-18(22-9-8-21-14-22)11-19(3-1)23-13-15-4-5-17-12-20-7-6-16(17)10-15/h1-12,14H,13H2. The lowest BCUT2D eigenvalue weighted by atomic mass is 10.1. The second-order valence-electron chi connectivity index (χ2n) is 5.31. The lowest BCUT2D eigenvalue weighted by Gasteiger charge is -2.09. The average molecular weight is 301 g/mol. The Balaban J connectivity index is 1.53. The van der Waals surface area contributed by atoms with Gasteiger partial charge in [-0.2, -0.15) is 0 Å². The van der Waals surface area contributed by atoms with Gasteiger partial charge in [-0.1, -0.05) is 18.2 Å². The Kier molecular flexibility index (Phi) is 3.48. The van der Waals surface area contributed by atoms with E-state index in [2.05, 4.69) is 28.2 Å². The van der Waals surface area contributed by atoms with Gasteiger partial charge < -0.3 is 9.30 Å². The van der Waals surface area contributed by atoms with Crippen LogP contribution in [-0.2, 0) is 6.61 Å². The first-order chi connectivity index (χ1) is 11.4. The molecule has 0 saturated heterocycles. The van der Waals surface area contributed by atoms with Crippen molar-refractivity contribution < 1.29 is 4.74 Å². The second kappa shape index (κ2) is 5.93. The average Bonchev–Trinajstić information content (AvgIpc) is 3.15. The van der Waals surface area contributed by atoms with E-state index in [-0.39, 0.29) is 0 Å². The van der Waals surface area contributed by atoms with Crippen molar-refractivity contribution in [2.45, 2.75) is 6.61 Å². The van der Waals surface area contributed by atoms with Gasteiger partial charge in [0.1, 0.15) is 12.4 Å². The summed E-state index contributed by atoms with van der Waals surface area (Å²) < 4.78 is 7.88. The van der Waals surface area contributed by atoms with Gasteiger partial charge in [-0.05, 0) is 35.2 Å². The Bertz CT molecular complexity index is 932. The molecule has 0 amide bonds. The third kappa shape index (κ3) is 2.92. The number of hydrogen-bond acceptors (Lipinski definition) is 3. The molecule has 0 bridgehead atoms. The monoisotopic (exact) mass is 301 g/mol. The molecule has 0 unspecified atom stereocenters. The lowest BCUT2D eigenvalue weighted by molar-refractivity contribution is 0.306. The molecule has 0 aliphatic rings. The predicted octanol–water partition coefficient (Wildman–Crippen LogP) is 4.00. The number of nitrogens with zero attached hydrogens (tertiary/aromatic N) is 3. The minimum Gasteiger partial charge on any atom is -0.489 e. The largest absolute Gasteiger partial charge is 0.489 e. The van der Waals surface area contributed by atoms with Gasteiger partial charge in [0.2, 0.25) is 0 Å². The molecule has 112 valence electrons. The Morgan fingerprint density at radius 2 is 1.91 bits per heavy atom. The van der Waals surface area contributed by atoms with Gasteiger partial charge in [0.25, 0.3) is 0 Å². The first-order valence-corrected chi connectivity index (χ1v) is 7.42. The first kappa shape index (κ1) is 13.5. The molecule has 4 nitrogen and oxygen atoms in total. The third-order valence-electron chi connectivity index (χ3n) is 3.73. The number of hydrogen-bond donors (Lipinski definition) is 0. The molecule has 0 atom stereocenters. The SMILES string of the molecule is c1cc(OCc2ccc3cnccc3c2)cc(-n2ccnc2)c1. The van der Waals surface area contributed by atoms with Crippen LogP contribution in [0.3, 0.4) is 0 Å². The second-order valence-corrected chi connectivity index (χ2v) is 5.31. The summed E-state index contributed by atoms with van der Waals surface area (Å²) in [5.74, 6) is 0.839. The summed E-state index contributed by atoms with van der Waals surface area (Å²) in [5, 5.41) is 2.31. The summed E-state index contributed by atoms with van der Waals surface area (Å²) in [6, 6.07) is 16.3. The van der Waals surface area contributed by atoms with Crippen LogP contribution in [0.15, 0.2) is 79.6 Å². The topological polar surface area (TPSA) is 39.9 Å². The van der Waals surface area contributed by atoms with E-state index in [4.69, 9.17) is 4.74 Å². The van der Waals surface area contributed by atoms with Gasteiger partial charge in [-0.15, -0.1) is 0 Å². The molecular formula is C19H15N3O. The summed E-state index contributed by atoms with van der Waals surface area (Å²) in [7, 11) is 0. The number of rotatable bonds is 4. The van der Waals surface area contributed by atoms with Crippen molar-refractivity contribution in [3.8, 4) is 11.4 Å². The quantitative estimate of drug-likeness (QED) is 0.572. The van der Waals surface area contributed by atoms with Crippen molar-refractivity contribution in [1.82, 2.24) is 14.5 Å². The highest BCUT2D eigenvalue weighted by atomic mass is 16.5. The number of fused-ring (bicyclic) bond motifs is 1. The summed E-state index contributed by atoms with van der Waals surface area (Å²) in [6.07, 6.45) is 9.13. The molecule has 2 heterocycles. The van der Waals surface area contributed by atoms with E-state index >= 15 is 0 Å². The molecule has 0 radical (unpaired) electrons. The minimum absolute atomic E-state index is 0.533. The van der Waals surface area contributed by atoms with Crippen LogP contribution in [0, 0.1) is 0 Å². The van der Waals surface area contributed by atoms with Crippen LogP contribution in [-0.4, -0.2) is 14.5 Å². The Morgan fingerprint density at radius 1 is 0.913 bits per heavy atom. The van der Waals surface area contributed by atoms with Crippen LogP contribution < -0.4 is 4.74 Å². The van der Waals surface area contributed by atoms with E-state index in [1.54, 1.807) is 12.5 Å². The Labute approximate surface area is 134 Å². The van der Waals surface area contributed by atoms with Crippen molar-refractivity contribution in [2.75, 3.05) is 0 Å². The molecule has 2 aromatic heterocycles. The van der Waals surface area contributed by atoms with E-state index in [1.165, 1.54) is 5.39 Å². The molecule has 4 heteroatoms. The lowest BCUT2D eigenvalue weighted by Crippen LogP contribution is -1.97. The molecule has 0 spiro atoms. The molecule has 4 rings (SSSR count). The molecule has 0 fully saturated rings. The fourth-order valence-corrected chi connectivity index (χ4v) is 2.53. The van der Waals surface area contributed by atoms with Crippen molar-refractivity contribution in [2.24, 2.45) is 0 Å². The summed E-state index contributed by atoms with van der Waals surface area (Å²) in [4.78, 5) is 8.20. The van der Waals surface area contributed by atoms with Gasteiger partial charge in [-0.25, -0.2) is 4.98 Å². The maximum Gasteiger partial charge on any atom is 0.121 e. The Morgan fingerprint density at radius 3 is 2.83 bits per heavy atom. The fraction of sp³-hybridized carbons (Fsp3) is 0.0526. The van der Waals surface area contributed by atoms with Gasteiger partial charge in [0.05, 0.1) is 12.0 Å². The van der Waals surface area contributed by atoms with Crippen LogP contribution in [0.4, 0.5) is 0 Å². The van der Waals surface area contributed by atoms with Crippen LogP contribution in [0.1, 0.15) is 5.56 Å². The predicted molar refractivity (Wildman–Crippen MR) is 89.6 cm³/mol. The van der Waals surface area contributed by atoms with E-state index in [1.807, 2.05) is 53.5 Å². The van der Waals surface area contributed by atoms with Gasteiger partial charge in [0.15, 0.2) is 0 Å². The molecule has 23 heavy (non-hydrogen) atoms. The molecule has 4 aromatic rings. The van der Waals surface area contributed by atoms with E-state index in [0.29, 0.717) is 6.61 Å². The van der Waals surface area contributed by atoms with Gasteiger partial charge in [0, 0.05) is 36.2 Å². The summed E-state index contributed by atoms with van der Waals surface area (Å²) >= 11 is 0. The maximum atomic E-state index is 5.93. The molecule has 0 N–H and O–H groups in total. The van der Waals surface area contributed by atoms with E-state index < -0.39 is 0 Å². The molecule has 0 aliphatic carbocycles. The molecule has 0 aliphatic heterocycles. The van der Waals surface area contributed by atoms with Crippen molar-refractivity contribution in [3.05, 3.63) is 85.2 Å². The molecular weight excluding hydrogens is 286 g/mol. The smallest absolute Gasteiger partial charge is 0.121 e. The van der Waals surface area contributed by atoms with Crippen LogP contribution >= 0.6 is 0 Å². The number of benzene rings is 2. The van der Waals surface area contributed by atoms with E-state index in [0.717, 1.165) is 22.4 Å². The highest BCUT2D eigenvalue weighted by Crippen LogP contribution is 2.19. The number of pyridine rings is 1. The Hall–Kier alpha value is -3.14. The fourth-order valence-electron chi connectivity index (χ4n) is 2.53. The minimum atomic E-state index is 0.533. The maximum absolute atomic E-state index is 5.93. The van der Waals surface area contributed by atoms with Crippen molar-refractivity contribution >= 4 is 10.8 Å². The summed E-state index contributed by atoms with van der Waals surface area (Å²) in [6.45, 7) is 0.533. The number of imidazole rings is 1. The highest BCUT2D eigenvalue weighted by Gasteiger charge is 2.01. The van der Waals surface area contributed by atoms with Crippen LogP contribution in [0.2, 0.25) is 0 Å². The van der Waals surface area contributed by atoms with Crippen LogP contribution in [0.5, 0.6) is 5.75 Å². The van der Waals surface area contributed by atoms with Crippen LogP contribution in [0.25, 0.3) is 16.5 Å². The van der Waals surface area contributed by atoms with Gasteiger partial charge >= 0.3 is 0 Å². The zero-order valence-electron chi connectivity index (χ0n) is 12.5. The zero-order valence-corrected chi connectivity index (χ0v) is 12.5. The molecule has 2 aromatic carbocycles. The first-order valence-electron chi connectivity index (χ1n) is 7.42. The normalized spacial score (nSPS) is 10.8. The van der Waals surface area contributed by atoms with E-state index in [9.17, 15) is 0 Å². The molecule has 0 saturated carbocycles.